The van der Waals surface area contributed by atoms with Crippen molar-refractivity contribution in [2.45, 2.75) is 19.3 Å². The highest BCUT2D eigenvalue weighted by Crippen LogP contribution is 2.37. The van der Waals surface area contributed by atoms with Crippen LogP contribution in [0.1, 0.15) is 40.2 Å². The standard InChI is InChI=1S/C21H16Cl2FN3O/c22-14-6-9-18(17(23)11-14)27-20-13(10-12-4-7-15(24)8-5-12)2-1-3-16(20)19(26-27)21(25)28/h4-11H,1-3H2,(H2,25,28)/b13-10+. The zero-order valence-electron chi connectivity index (χ0n) is 14.8. The Kier molecular flexibility index (Phi) is 4.96. The first-order chi connectivity index (χ1) is 13.4. The molecule has 0 saturated carbocycles. The number of halogens is 3. The van der Waals surface area contributed by atoms with E-state index in [2.05, 4.69) is 5.10 Å². The lowest BCUT2D eigenvalue weighted by Crippen LogP contribution is -2.15. The van der Waals surface area contributed by atoms with Crippen molar-refractivity contribution in [1.29, 1.82) is 0 Å². The molecule has 1 aliphatic carbocycles. The summed E-state index contributed by atoms with van der Waals surface area (Å²) in [7, 11) is 0. The van der Waals surface area contributed by atoms with Gasteiger partial charge in [-0.25, -0.2) is 9.07 Å². The molecule has 1 heterocycles. The molecule has 0 spiro atoms. The number of amides is 1. The van der Waals surface area contributed by atoms with E-state index in [1.165, 1.54) is 12.1 Å². The van der Waals surface area contributed by atoms with Crippen LogP contribution >= 0.6 is 23.2 Å². The first-order valence-corrected chi connectivity index (χ1v) is 9.53. The number of carbonyl (C=O) groups excluding carboxylic acids is 1. The van der Waals surface area contributed by atoms with Crippen molar-refractivity contribution in [3.8, 4) is 5.69 Å². The molecule has 4 nitrogen and oxygen atoms in total. The molecule has 0 atom stereocenters. The second-order valence-corrected chi connectivity index (χ2v) is 7.47. The van der Waals surface area contributed by atoms with Crippen molar-refractivity contribution in [3.63, 3.8) is 0 Å². The predicted molar refractivity (Wildman–Crippen MR) is 109 cm³/mol. The average Bonchev–Trinajstić information content (AvgIpc) is 3.04. The molecular weight excluding hydrogens is 400 g/mol. The van der Waals surface area contributed by atoms with Crippen LogP contribution < -0.4 is 5.73 Å². The Hall–Kier alpha value is -2.63. The number of carbonyl (C=O) groups is 1. The summed E-state index contributed by atoms with van der Waals surface area (Å²) < 4.78 is 14.9. The van der Waals surface area contributed by atoms with Gasteiger partial charge in [0, 0.05) is 10.6 Å². The number of aromatic nitrogens is 2. The molecular formula is C21H16Cl2FN3O. The molecule has 0 fully saturated rings. The van der Waals surface area contributed by atoms with Crippen molar-refractivity contribution in [2.24, 2.45) is 5.73 Å². The molecule has 1 aliphatic rings. The van der Waals surface area contributed by atoms with Gasteiger partial charge in [0.15, 0.2) is 5.69 Å². The molecule has 1 amide bonds. The van der Waals surface area contributed by atoms with Crippen LogP contribution in [0.25, 0.3) is 17.3 Å². The summed E-state index contributed by atoms with van der Waals surface area (Å²) in [4.78, 5) is 12.0. The highest BCUT2D eigenvalue weighted by atomic mass is 35.5. The number of allylic oxidation sites excluding steroid dienone is 1. The number of nitrogens with two attached hydrogens (primary N) is 1. The molecule has 28 heavy (non-hydrogen) atoms. The van der Waals surface area contributed by atoms with Crippen molar-refractivity contribution >= 4 is 40.8 Å². The largest absolute Gasteiger partial charge is 0.364 e. The molecule has 0 aliphatic heterocycles. The first-order valence-electron chi connectivity index (χ1n) is 8.77. The molecule has 3 aromatic rings. The Morgan fingerprint density at radius 3 is 2.57 bits per heavy atom. The van der Waals surface area contributed by atoms with E-state index < -0.39 is 5.91 Å². The number of benzene rings is 2. The minimum absolute atomic E-state index is 0.241. The molecule has 0 saturated heterocycles. The molecule has 0 unspecified atom stereocenters. The van der Waals surface area contributed by atoms with Crippen molar-refractivity contribution < 1.29 is 9.18 Å². The van der Waals surface area contributed by atoms with Crippen LogP contribution in [-0.4, -0.2) is 15.7 Å². The third-order valence-corrected chi connectivity index (χ3v) is 5.28. The van der Waals surface area contributed by atoms with Gasteiger partial charge in [0.2, 0.25) is 0 Å². The first kappa shape index (κ1) is 18.7. The van der Waals surface area contributed by atoms with E-state index in [9.17, 15) is 9.18 Å². The van der Waals surface area contributed by atoms with Gasteiger partial charge in [-0.3, -0.25) is 4.79 Å². The number of hydrogen-bond donors (Lipinski definition) is 1. The van der Waals surface area contributed by atoms with E-state index in [0.29, 0.717) is 22.2 Å². The van der Waals surface area contributed by atoms with Gasteiger partial charge >= 0.3 is 0 Å². The van der Waals surface area contributed by atoms with E-state index in [4.69, 9.17) is 28.9 Å². The minimum atomic E-state index is -0.580. The molecule has 7 heteroatoms. The SMILES string of the molecule is NC(=O)c1nn(-c2ccc(Cl)cc2Cl)c2c1CCC/C2=C\c1ccc(F)cc1. The molecule has 4 rings (SSSR count). The normalized spacial score (nSPS) is 14.9. The van der Waals surface area contributed by atoms with E-state index in [1.54, 1.807) is 35.0 Å². The van der Waals surface area contributed by atoms with Gasteiger partial charge in [-0.1, -0.05) is 35.3 Å². The number of hydrogen-bond acceptors (Lipinski definition) is 2. The smallest absolute Gasteiger partial charge is 0.269 e. The number of rotatable bonds is 3. The summed E-state index contributed by atoms with van der Waals surface area (Å²) in [6.45, 7) is 0. The summed E-state index contributed by atoms with van der Waals surface area (Å²) in [5.41, 5.74) is 9.88. The maximum Gasteiger partial charge on any atom is 0.269 e. The summed E-state index contributed by atoms with van der Waals surface area (Å²) in [5, 5.41) is 5.40. The van der Waals surface area contributed by atoms with Gasteiger partial charge < -0.3 is 5.73 Å². The van der Waals surface area contributed by atoms with E-state index in [1.807, 2.05) is 6.08 Å². The molecule has 0 radical (unpaired) electrons. The zero-order chi connectivity index (χ0) is 19.8. The van der Waals surface area contributed by atoms with Gasteiger partial charge in [-0.15, -0.1) is 0 Å². The van der Waals surface area contributed by atoms with Crippen LogP contribution in [0.2, 0.25) is 10.0 Å². The van der Waals surface area contributed by atoms with Crippen LogP contribution in [-0.2, 0) is 6.42 Å². The lowest BCUT2D eigenvalue weighted by molar-refractivity contribution is 0.0994. The monoisotopic (exact) mass is 415 g/mol. The van der Waals surface area contributed by atoms with Crippen LogP contribution in [0.4, 0.5) is 4.39 Å². The number of fused-ring (bicyclic) bond motifs is 1. The fourth-order valence-electron chi connectivity index (χ4n) is 3.52. The third-order valence-electron chi connectivity index (χ3n) is 4.74. The lowest BCUT2D eigenvalue weighted by atomic mass is 9.89. The van der Waals surface area contributed by atoms with Crippen LogP contribution in [0.3, 0.4) is 0 Å². The minimum Gasteiger partial charge on any atom is -0.364 e. The second-order valence-electron chi connectivity index (χ2n) is 6.62. The topological polar surface area (TPSA) is 60.9 Å². The average molecular weight is 416 g/mol. The Morgan fingerprint density at radius 2 is 1.89 bits per heavy atom. The fourth-order valence-corrected chi connectivity index (χ4v) is 4.01. The Labute approximate surface area is 171 Å². The highest BCUT2D eigenvalue weighted by Gasteiger charge is 2.28. The van der Waals surface area contributed by atoms with Gasteiger partial charge in [-0.2, -0.15) is 5.10 Å². The highest BCUT2D eigenvalue weighted by molar-refractivity contribution is 6.35. The summed E-state index contributed by atoms with van der Waals surface area (Å²) >= 11 is 12.4. The molecule has 1 aromatic heterocycles. The molecule has 142 valence electrons. The van der Waals surface area contributed by atoms with E-state index >= 15 is 0 Å². The van der Waals surface area contributed by atoms with Crippen molar-refractivity contribution in [1.82, 2.24) is 9.78 Å². The van der Waals surface area contributed by atoms with Crippen LogP contribution in [0.5, 0.6) is 0 Å². The fraction of sp³-hybridized carbons (Fsp3) is 0.143. The second kappa shape index (κ2) is 7.41. The van der Waals surface area contributed by atoms with Crippen LogP contribution in [0, 0.1) is 5.82 Å². The zero-order valence-corrected chi connectivity index (χ0v) is 16.3. The van der Waals surface area contributed by atoms with E-state index in [0.717, 1.165) is 35.2 Å². The quantitative estimate of drug-likeness (QED) is 0.631. The van der Waals surface area contributed by atoms with Crippen molar-refractivity contribution in [2.75, 3.05) is 0 Å². The Morgan fingerprint density at radius 1 is 1.14 bits per heavy atom. The summed E-state index contributed by atoms with van der Waals surface area (Å²) in [6.07, 6.45) is 4.32. The predicted octanol–water partition coefficient (Wildman–Crippen LogP) is 5.29. The Bertz CT molecular complexity index is 1100. The van der Waals surface area contributed by atoms with Gasteiger partial charge in [-0.05, 0) is 66.8 Å². The van der Waals surface area contributed by atoms with E-state index in [-0.39, 0.29) is 11.5 Å². The molecule has 0 bridgehead atoms. The number of primary amides is 1. The Balaban J connectivity index is 1.94. The van der Waals surface area contributed by atoms with Gasteiger partial charge in [0.25, 0.3) is 5.91 Å². The lowest BCUT2D eigenvalue weighted by Gasteiger charge is -2.19. The summed E-state index contributed by atoms with van der Waals surface area (Å²) in [6, 6.07) is 11.3. The summed E-state index contributed by atoms with van der Waals surface area (Å²) in [5.74, 6) is -0.872. The number of nitrogens with zero attached hydrogens (tertiary/aromatic N) is 2. The van der Waals surface area contributed by atoms with Gasteiger partial charge in [0.1, 0.15) is 5.82 Å². The molecule has 2 N–H and O–H groups in total. The maximum atomic E-state index is 13.2. The van der Waals surface area contributed by atoms with Crippen LogP contribution in [0.15, 0.2) is 42.5 Å². The third kappa shape index (κ3) is 3.43. The maximum absolute atomic E-state index is 13.2. The molecule has 2 aromatic carbocycles. The van der Waals surface area contributed by atoms with Crippen molar-refractivity contribution in [3.05, 3.63) is 80.8 Å². The van der Waals surface area contributed by atoms with Gasteiger partial charge in [0.05, 0.1) is 16.4 Å².